The van der Waals surface area contributed by atoms with E-state index in [0.29, 0.717) is 19.6 Å². The zero-order chi connectivity index (χ0) is 11.7. The second kappa shape index (κ2) is 8.59. The summed E-state index contributed by atoms with van der Waals surface area (Å²) in [5.74, 6) is -0.343. The first-order valence-electron chi connectivity index (χ1n) is 5.09. The number of rotatable bonds is 7. The van der Waals surface area contributed by atoms with Gasteiger partial charge in [-0.2, -0.15) is 0 Å². The van der Waals surface area contributed by atoms with Crippen molar-refractivity contribution in [1.82, 2.24) is 0 Å². The molecule has 15 heavy (non-hydrogen) atoms. The van der Waals surface area contributed by atoms with Gasteiger partial charge in [-0.15, -0.1) is 11.8 Å². The fourth-order valence-corrected chi connectivity index (χ4v) is 1.82. The normalized spacial score (nSPS) is 11.9. The summed E-state index contributed by atoms with van der Waals surface area (Å²) in [6.45, 7) is 6.15. The predicted octanol–water partition coefficient (Wildman–Crippen LogP) is 1.62. The van der Waals surface area contributed by atoms with Gasteiger partial charge in [0.2, 0.25) is 0 Å². The van der Waals surface area contributed by atoms with Gasteiger partial charge in [0, 0.05) is 0 Å². The van der Waals surface area contributed by atoms with Gasteiger partial charge in [-0.05, 0) is 20.3 Å². The van der Waals surface area contributed by atoms with Gasteiger partial charge in [0.25, 0.3) is 0 Å². The van der Waals surface area contributed by atoms with Crippen molar-refractivity contribution in [3.05, 3.63) is 0 Å². The number of thioether (sulfide) groups is 1. The van der Waals surface area contributed by atoms with Gasteiger partial charge in [-0.1, -0.05) is 6.92 Å². The standard InChI is InChI=1S/C10H18O4S/c1-4-8(10(12)14-6-3)15-7-9(11)13-5-2/h8H,4-7H2,1-3H3. The van der Waals surface area contributed by atoms with Crippen molar-refractivity contribution in [2.24, 2.45) is 0 Å². The minimum absolute atomic E-state index is 0.200. The van der Waals surface area contributed by atoms with Crippen molar-refractivity contribution in [1.29, 1.82) is 0 Å². The Morgan fingerprint density at radius 2 is 1.73 bits per heavy atom. The van der Waals surface area contributed by atoms with Gasteiger partial charge in [-0.3, -0.25) is 9.59 Å². The summed E-state index contributed by atoms with van der Waals surface area (Å²) in [6.07, 6.45) is 0.656. The molecule has 0 fully saturated rings. The van der Waals surface area contributed by atoms with Crippen molar-refractivity contribution < 1.29 is 19.1 Å². The van der Waals surface area contributed by atoms with Crippen LogP contribution in [0.5, 0.6) is 0 Å². The van der Waals surface area contributed by atoms with Crippen molar-refractivity contribution >= 4 is 23.7 Å². The Labute approximate surface area is 94.7 Å². The van der Waals surface area contributed by atoms with Crippen LogP contribution in [-0.4, -0.2) is 36.2 Å². The van der Waals surface area contributed by atoms with E-state index in [2.05, 4.69) is 0 Å². The van der Waals surface area contributed by atoms with E-state index in [9.17, 15) is 9.59 Å². The minimum Gasteiger partial charge on any atom is -0.465 e. The summed E-state index contributed by atoms with van der Waals surface area (Å²) in [6, 6.07) is 0. The summed E-state index contributed by atoms with van der Waals surface area (Å²) in [5.41, 5.74) is 0. The lowest BCUT2D eigenvalue weighted by molar-refractivity contribution is -0.142. The Hall–Kier alpha value is -0.710. The second-order valence-electron chi connectivity index (χ2n) is 2.76. The maximum atomic E-state index is 11.3. The summed E-state index contributed by atoms with van der Waals surface area (Å²) < 4.78 is 9.64. The number of hydrogen-bond acceptors (Lipinski definition) is 5. The molecular formula is C10H18O4S. The van der Waals surface area contributed by atoms with Crippen LogP contribution in [0.25, 0.3) is 0 Å². The monoisotopic (exact) mass is 234 g/mol. The molecule has 0 saturated heterocycles. The number of carbonyl (C=O) groups excluding carboxylic acids is 2. The van der Waals surface area contributed by atoms with Gasteiger partial charge in [0.05, 0.1) is 19.0 Å². The summed E-state index contributed by atoms with van der Waals surface area (Å²) in [5, 5.41) is -0.269. The Balaban J connectivity index is 3.89. The lowest BCUT2D eigenvalue weighted by atomic mass is 10.3. The van der Waals surface area contributed by atoms with Gasteiger partial charge >= 0.3 is 11.9 Å². The molecule has 0 saturated carbocycles. The highest BCUT2D eigenvalue weighted by molar-refractivity contribution is 8.01. The van der Waals surface area contributed by atoms with Crippen molar-refractivity contribution in [3.8, 4) is 0 Å². The lowest BCUT2D eigenvalue weighted by Gasteiger charge is -2.12. The molecule has 0 heterocycles. The Kier molecular flexibility index (Phi) is 8.18. The Morgan fingerprint density at radius 1 is 1.13 bits per heavy atom. The molecule has 5 heteroatoms. The zero-order valence-corrected chi connectivity index (χ0v) is 10.3. The molecule has 4 nitrogen and oxygen atoms in total. The highest BCUT2D eigenvalue weighted by Gasteiger charge is 2.19. The number of ether oxygens (including phenoxy) is 2. The van der Waals surface area contributed by atoms with E-state index in [1.165, 1.54) is 11.8 Å². The van der Waals surface area contributed by atoms with E-state index in [4.69, 9.17) is 9.47 Å². The molecule has 0 bridgehead atoms. The van der Waals surface area contributed by atoms with Crippen LogP contribution in [0, 0.1) is 0 Å². The third kappa shape index (κ3) is 6.38. The average Bonchev–Trinajstić information content (AvgIpc) is 2.19. The molecule has 1 unspecified atom stereocenters. The van der Waals surface area contributed by atoms with Crippen LogP contribution in [0.3, 0.4) is 0 Å². The van der Waals surface area contributed by atoms with E-state index < -0.39 is 0 Å². The molecular weight excluding hydrogens is 216 g/mol. The van der Waals surface area contributed by atoms with Crippen molar-refractivity contribution in [3.63, 3.8) is 0 Å². The first-order valence-corrected chi connectivity index (χ1v) is 6.14. The molecule has 0 aliphatic rings. The Morgan fingerprint density at radius 3 is 2.20 bits per heavy atom. The molecule has 88 valence electrons. The molecule has 0 aliphatic heterocycles. The van der Waals surface area contributed by atoms with E-state index in [1.807, 2.05) is 6.92 Å². The summed E-state index contributed by atoms with van der Waals surface area (Å²) >= 11 is 1.27. The largest absolute Gasteiger partial charge is 0.465 e. The Bertz CT molecular complexity index is 206. The van der Waals surface area contributed by atoms with Gasteiger partial charge in [0.1, 0.15) is 5.25 Å². The highest BCUT2D eigenvalue weighted by Crippen LogP contribution is 2.16. The average molecular weight is 234 g/mol. The van der Waals surface area contributed by atoms with Crippen LogP contribution < -0.4 is 0 Å². The van der Waals surface area contributed by atoms with Crippen LogP contribution in [0.2, 0.25) is 0 Å². The number of hydrogen-bond donors (Lipinski definition) is 0. The molecule has 0 aromatic heterocycles. The highest BCUT2D eigenvalue weighted by atomic mass is 32.2. The molecule has 0 amide bonds. The molecule has 0 aliphatic carbocycles. The first-order chi connectivity index (χ1) is 7.15. The summed E-state index contributed by atoms with van der Waals surface area (Å²) in [4.78, 5) is 22.4. The fraction of sp³-hybridized carbons (Fsp3) is 0.800. The van der Waals surface area contributed by atoms with E-state index in [1.54, 1.807) is 13.8 Å². The van der Waals surface area contributed by atoms with E-state index in [-0.39, 0.29) is 22.9 Å². The molecule has 0 rings (SSSR count). The molecule has 1 atom stereocenters. The van der Waals surface area contributed by atoms with E-state index in [0.717, 1.165) is 0 Å². The van der Waals surface area contributed by atoms with Crippen LogP contribution in [0.15, 0.2) is 0 Å². The van der Waals surface area contributed by atoms with Crippen molar-refractivity contribution in [2.45, 2.75) is 32.4 Å². The minimum atomic E-state index is -0.287. The second-order valence-corrected chi connectivity index (χ2v) is 3.96. The van der Waals surface area contributed by atoms with Crippen LogP contribution in [0.4, 0.5) is 0 Å². The maximum absolute atomic E-state index is 11.3. The van der Waals surface area contributed by atoms with Gasteiger partial charge in [-0.25, -0.2) is 0 Å². The predicted molar refractivity (Wildman–Crippen MR) is 59.8 cm³/mol. The third-order valence-corrected chi connectivity index (χ3v) is 2.96. The SMILES string of the molecule is CCOC(=O)CSC(CC)C(=O)OCC. The van der Waals surface area contributed by atoms with Gasteiger partial charge < -0.3 is 9.47 Å². The maximum Gasteiger partial charge on any atom is 0.319 e. The number of esters is 2. The molecule has 0 N–H and O–H groups in total. The quantitative estimate of drug-likeness (QED) is 0.627. The lowest BCUT2D eigenvalue weighted by Crippen LogP contribution is -2.21. The topological polar surface area (TPSA) is 52.6 Å². The smallest absolute Gasteiger partial charge is 0.319 e. The third-order valence-electron chi connectivity index (χ3n) is 1.63. The van der Waals surface area contributed by atoms with Gasteiger partial charge in [0.15, 0.2) is 0 Å². The fourth-order valence-electron chi connectivity index (χ4n) is 0.959. The number of carbonyl (C=O) groups is 2. The molecule has 0 radical (unpaired) electrons. The van der Waals surface area contributed by atoms with Crippen LogP contribution in [-0.2, 0) is 19.1 Å². The molecule has 0 aromatic carbocycles. The molecule has 0 spiro atoms. The van der Waals surface area contributed by atoms with Crippen LogP contribution >= 0.6 is 11.8 Å². The zero-order valence-electron chi connectivity index (χ0n) is 9.45. The first kappa shape index (κ1) is 14.3. The molecule has 0 aromatic rings. The summed E-state index contributed by atoms with van der Waals surface area (Å²) in [7, 11) is 0. The van der Waals surface area contributed by atoms with E-state index >= 15 is 0 Å². The van der Waals surface area contributed by atoms with Crippen LogP contribution in [0.1, 0.15) is 27.2 Å². The van der Waals surface area contributed by atoms with Crippen molar-refractivity contribution in [2.75, 3.05) is 19.0 Å².